The van der Waals surface area contributed by atoms with Crippen molar-refractivity contribution in [3.63, 3.8) is 0 Å². The standard InChI is InChI=1S/C11H12N4O2/c1-7-6-14(13-11(7)12)9-4-3-5-10(8(9)2)15(16)17/h3-6H,1-2H3,(H2,12,13). The first-order valence-corrected chi connectivity index (χ1v) is 5.07. The number of nitrogen functional groups attached to an aromatic ring is 1. The van der Waals surface area contributed by atoms with Crippen molar-refractivity contribution in [1.29, 1.82) is 0 Å². The number of hydrogen-bond donors (Lipinski definition) is 1. The minimum atomic E-state index is -0.404. The number of nitrogens with two attached hydrogens (primary N) is 1. The number of nitro benzene ring substituents is 1. The van der Waals surface area contributed by atoms with Gasteiger partial charge in [0.15, 0.2) is 0 Å². The van der Waals surface area contributed by atoms with Crippen LogP contribution in [-0.2, 0) is 0 Å². The number of nitro groups is 1. The summed E-state index contributed by atoms with van der Waals surface area (Å²) in [6, 6.07) is 4.88. The van der Waals surface area contributed by atoms with Gasteiger partial charge in [0.05, 0.1) is 16.2 Å². The highest BCUT2D eigenvalue weighted by molar-refractivity contribution is 5.53. The van der Waals surface area contributed by atoms with E-state index in [1.807, 2.05) is 6.92 Å². The topological polar surface area (TPSA) is 87.0 Å². The van der Waals surface area contributed by atoms with Crippen molar-refractivity contribution < 1.29 is 4.92 Å². The van der Waals surface area contributed by atoms with Crippen LogP contribution in [0.4, 0.5) is 11.5 Å². The summed E-state index contributed by atoms with van der Waals surface area (Å²) in [5.41, 5.74) is 7.82. The summed E-state index contributed by atoms with van der Waals surface area (Å²) < 4.78 is 1.56. The first-order valence-electron chi connectivity index (χ1n) is 5.07. The summed E-state index contributed by atoms with van der Waals surface area (Å²) in [6.45, 7) is 3.53. The maximum absolute atomic E-state index is 10.8. The smallest absolute Gasteiger partial charge is 0.274 e. The molecule has 17 heavy (non-hydrogen) atoms. The molecule has 0 spiro atoms. The van der Waals surface area contributed by atoms with Gasteiger partial charge in [-0.25, -0.2) is 4.68 Å². The van der Waals surface area contributed by atoms with E-state index in [4.69, 9.17) is 5.73 Å². The lowest BCUT2D eigenvalue weighted by atomic mass is 10.1. The molecule has 0 aliphatic heterocycles. The van der Waals surface area contributed by atoms with Crippen LogP contribution in [0.1, 0.15) is 11.1 Å². The van der Waals surface area contributed by atoms with Gasteiger partial charge in [0, 0.05) is 17.8 Å². The van der Waals surface area contributed by atoms with Crippen molar-refractivity contribution in [3.8, 4) is 5.69 Å². The number of rotatable bonds is 2. The number of aryl methyl sites for hydroxylation is 1. The predicted molar refractivity (Wildman–Crippen MR) is 64.1 cm³/mol. The summed E-state index contributed by atoms with van der Waals surface area (Å²) in [4.78, 5) is 10.4. The van der Waals surface area contributed by atoms with Crippen LogP contribution in [0.2, 0.25) is 0 Å². The molecule has 2 rings (SSSR count). The van der Waals surface area contributed by atoms with Gasteiger partial charge < -0.3 is 5.73 Å². The first kappa shape index (κ1) is 11.1. The van der Waals surface area contributed by atoms with E-state index >= 15 is 0 Å². The summed E-state index contributed by atoms with van der Waals surface area (Å²) in [6.07, 6.45) is 1.75. The molecule has 6 heteroatoms. The van der Waals surface area contributed by atoms with Gasteiger partial charge in [0.2, 0.25) is 0 Å². The van der Waals surface area contributed by atoms with Crippen LogP contribution >= 0.6 is 0 Å². The first-order chi connectivity index (χ1) is 8.00. The Morgan fingerprint density at radius 1 is 1.41 bits per heavy atom. The third-order valence-electron chi connectivity index (χ3n) is 2.66. The quantitative estimate of drug-likeness (QED) is 0.633. The Morgan fingerprint density at radius 2 is 2.12 bits per heavy atom. The molecule has 1 aromatic heterocycles. The molecular formula is C11H12N4O2. The van der Waals surface area contributed by atoms with E-state index in [-0.39, 0.29) is 5.69 Å². The Labute approximate surface area is 97.8 Å². The molecule has 0 amide bonds. The Hall–Kier alpha value is -2.37. The molecule has 0 saturated carbocycles. The Kier molecular flexibility index (Phi) is 2.55. The summed E-state index contributed by atoms with van der Waals surface area (Å²) >= 11 is 0. The van der Waals surface area contributed by atoms with Crippen molar-refractivity contribution in [1.82, 2.24) is 9.78 Å². The van der Waals surface area contributed by atoms with Crippen molar-refractivity contribution >= 4 is 11.5 Å². The van der Waals surface area contributed by atoms with E-state index in [2.05, 4.69) is 5.10 Å². The highest BCUT2D eigenvalue weighted by Gasteiger charge is 2.15. The average molecular weight is 232 g/mol. The van der Waals surface area contributed by atoms with Crippen LogP contribution in [0.25, 0.3) is 5.69 Å². The average Bonchev–Trinajstić information content (AvgIpc) is 2.59. The fourth-order valence-electron chi connectivity index (χ4n) is 1.65. The highest BCUT2D eigenvalue weighted by Crippen LogP contribution is 2.24. The van der Waals surface area contributed by atoms with Gasteiger partial charge in [-0.15, -0.1) is 0 Å². The predicted octanol–water partition coefficient (Wildman–Crippen LogP) is 1.98. The lowest BCUT2D eigenvalue weighted by Crippen LogP contribution is -2.01. The van der Waals surface area contributed by atoms with Gasteiger partial charge >= 0.3 is 0 Å². The van der Waals surface area contributed by atoms with Crippen LogP contribution in [0, 0.1) is 24.0 Å². The van der Waals surface area contributed by atoms with Crippen molar-refractivity contribution in [2.24, 2.45) is 0 Å². The van der Waals surface area contributed by atoms with Crippen molar-refractivity contribution in [2.75, 3.05) is 5.73 Å². The van der Waals surface area contributed by atoms with Gasteiger partial charge in [0.1, 0.15) is 5.82 Å². The molecule has 0 bridgehead atoms. The largest absolute Gasteiger partial charge is 0.382 e. The van der Waals surface area contributed by atoms with Crippen LogP contribution in [0.5, 0.6) is 0 Å². The van der Waals surface area contributed by atoms with Gasteiger partial charge in [-0.05, 0) is 19.9 Å². The number of aromatic nitrogens is 2. The third kappa shape index (κ3) is 1.84. The molecule has 2 aromatic rings. The highest BCUT2D eigenvalue weighted by atomic mass is 16.6. The maximum Gasteiger partial charge on any atom is 0.274 e. The van der Waals surface area contributed by atoms with E-state index in [1.54, 1.807) is 29.9 Å². The molecule has 0 atom stereocenters. The van der Waals surface area contributed by atoms with Gasteiger partial charge in [-0.2, -0.15) is 5.10 Å². The monoisotopic (exact) mass is 232 g/mol. The van der Waals surface area contributed by atoms with Gasteiger partial charge in [-0.1, -0.05) is 6.07 Å². The molecule has 0 aliphatic rings. The second-order valence-electron chi connectivity index (χ2n) is 3.82. The molecule has 0 fully saturated rings. The number of benzene rings is 1. The van der Waals surface area contributed by atoms with Crippen molar-refractivity contribution in [2.45, 2.75) is 13.8 Å². The Bertz CT molecular complexity index is 570. The third-order valence-corrected chi connectivity index (χ3v) is 2.66. The molecule has 0 saturated heterocycles. The van der Waals surface area contributed by atoms with Crippen LogP contribution < -0.4 is 5.73 Å². The fraction of sp³-hybridized carbons (Fsp3) is 0.182. The maximum atomic E-state index is 10.8. The summed E-state index contributed by atoms with van der Waals surface area (Å²) in [5.74, 6) is 0.427. The minimum absolute atomic E-state index is 0.0780. The number of hydrogen-bond acceptors (Lipinski definition) is 4. The SMILES string of the molecule is Cc1cn(-c2cccc([N+](=O)[O-])c2C)nc1N. The zero-order valence-corrected chi connectivity index (χ0v) is 9.54. The van der Waals surface area contributed by atoms with Gasteiger partial charge in [0.25, 0.3) is 5.69 Å². The number of anilines is 1. The molecule has 0 aliphatic carbocycles. The Balaban J connectivity index is 2.60. The lowest BCUT2D eigenvalue weighted by Gasteiger charge is -2.05. The van der Waals surface area contributed by atoms with E-state index in [0.29, 0.717) is 17.1 Å². The second kappa shape index (κ2) is 3.89. The molecule has 0 unspecified atom stereocenters. The molecular weight excluding hydrogens is 220 g/mol. The van der Waals surface area contributed by atoms with E-state index in [1.165, 1.54) is 6.07 Å². The number of nitrogens with zero attached hydrogens (tertiary/aromatic N) is 3. The summed E-state index contributed by atoms with van der Waals surface area (Å²) in [7, 11) is 0. The molecule has 88 valence electrons. The molecule has 0 radical (unpaired) electrons. The van der Waals surface area contributed by atoms with Crippen LogP contribution in [0.3, 0.4) is 0 Å². The second-order valence-corrected chi connectivity index (χ2v) is 3.82. The summed E-state index contributed by atoms with van der Waals surface area (Å²) in [5, 5.41) is 14.9. The Morgan fingerprint density at radius 3 is 2.65 bits per heavy atom. The zero-order chi connectivity index (χ0) is 12.6. The van der Waals surface area contributed by atoms with E-state index in [9.17, 15) is 10.1 Å². The van der Waals surface area contributed by atoms with Crippen LogP contribution in [0.15, 0.2) is 24.4 Å². The lowest BCUT2D eigenvalue weighted by molar-refractivity contribution is -0.385. The zero-order valence-electron chi connectivity index (χ0n) is 9.54. The van der Waals surface area contributed by atoms with Crippen molar-refractivity contribution in [3.05, 3.63) is 45.6 Å². The normalized spacial score (nSPS) is 10.5. The van der Waals surface area contributed by atoms with E-state index in [0.717, 1.165) is 5.56 Å². The van der Waals surface area contributed by atoms with E-state index < -0.39 is 4.92 Å². The fourth-order valence-corrected chi connectivity index (χ4v) is 1.65. The molecule has 1 aromatic carbocycles. The van der Waals surface area contributed by atoms with Crippen LogP contribution in [-0.4, -0.2) is 14.7 Å². The minimum Gasteiger partial charge on any atom is -0.382 e. The molecule has 2 N–H and O–H groups in total. The molecule has 6 nitrogen and oxygen atoms in total. The molecule has 1 heterocycles. The van der Waals surface area contributed by atoms with Gasteiger partial charge in [-0.3, -0.25) is 10.1 Å².